The summed E-state index contributed by atoms with van der Waals surface area (Å²) in [4.78, 5) is 6.90. The van der Waals surface area contributed by atoms with Crippen LogP contribution in [0.15, 0.2) is 28.9 Å². The Morgan fingerprint density at radius 3 is 2.88 bits per heavy atom. The number of likely N-dealkylation sites (tertiary alicyclic amines) is 1. The molecular formula is C18H22N6O2. The van der Waals surface area contributed by atoms with Crippen molar-refractivity contribution >= 4 is 5.65 Å². The van der Waals surface area contributed by atoms with Gasteiger partial charge in [0, 0.05) is 18.7 Å². The Bertz CT molecular complexity index is 877. The molecule has 1 atom stereocenters. The van der Waals surface area contributed by atoms with E-state index in [-0.39, 0.29) is 6.10 Å². The number of hydrogen-bond donors (Lipinski definition) is 0. The fourth-order valence-corrected chi connectivity index (χ4v) is 3.92. The monoisotopic (exact) mass is 354 g/mol. The second kappa shape index (κ2) is 6.77. The number of pyridine rings is 1. The van der Waals surface area contributed by atoms with Gasteiger partial charge in [0.2, 0.25) is 0 Å². The third kappa shape index (κ3) is 2.99. The maximum Gasteiger partial charge on any atom is 0.255 e. The summed E-state index contributed by atoms with van der Waals surface area (Å²) in [7, 11) is 0. The van der Waals surface area contributed by atoms with Gasteiger partial charge in [-0.1, -0.05) is 11.2 Å². The van der Waals surface area contributed by atoms with Crippen LogP contribution >= 0.6 is 0 Å². The van der Waals surface area contributed by atoms with E-state index < -0.39 is 0 Å². The highest BCUT2D eigenvalue weighted by Crippen LogP contribution is 2.29. The molecule has 3 aromatic heterocycles. The van der Waals surface area contributed by atoms with Crippen LogP contribution in [0.2, 0.25) is 0 Å². The zero-order valence-electron chi connectivity index (χ0n) is 14.6. The van der Waals surface area contributed by atoms with E-state index in [1.54, 1.807) is 0 Å². The van der Waals surface area contributed by atoms with E-state index in [1.807, 2.05) is 24.4 Å². The molecule has 0 amide bonds. The van der Waals surface area contributed by atoms with E-state index in [4.69, 9.17) is 9.26 Å². The second-order valence-electron chi connectivity index (χ2n) is 7.09. The van der Waals surface area contributed by atoms with E-state index >= 15 is 0 Å². The van der Waals surface area contributed by atoms with Crippen molar-refractivity contribution in [3.05, 3.63) is 41.9 Å². The van der Waals surface area contributed by atoms with Crippen molar-refractivity contribution in [2.24, 2.45) is 0 Å². The Morgan fingerprint density at radius 1 is 1.12 bits per heavy atom. The lowest BCUT2D eigenvalue weighted by Crippen LogP contribution is -2.33. The summed E-state index contributed by atoms with van der Waals surface area (Å²) in [5.41, 5.74) is 0.915. The molecule has 2 aliphatic heterocycles. The molecule has 8 nitrogen and oxygen atoms in total. The summed E-state index contributed by atoms with van der Waals surface area (Å²) in [6, 6.07) is 6.01. The first-order chi connectivity index (χ1) is 12.9. The summed E-state index contributed by atoms with van der Waals surface area (Å²) >= 11 is 0. The second-order valence-corrected chi connectivity index (χ2v) is 7.09. The molecule has 0 saturated carbocycles. The summed E-state index contributed by atoms with van der Waals surface area (Å²) in [6.07, 6.45) is 6.19. The van der Waals surface area contributed by atoms with Crippen molar-refractivity contribution in [1.82, 2.24) is 29.6 Å². The predicted octanol–water partition coefficient (Wildman–Crippen LogP) is 2.34. The number of piperidine rings is 1. The SMILES string of the molecule is c1ccn2c(C3CCN(Cc4noc([C@H]5CCCO5)n4)CC3)nnc2c1. The molecule has 0 unspecified atom stereocenters. The van der Waals surface area contributed by atoms with E-state index in [1.165, 1.54) is 0 Å². The third-order valence-corrected chi connectivity index (χ3v) is 5.35. The lowest BCUT2D eigenvalue weighted by molar-refractivity contribution is 0.0835. The summed E-state index contributed by atoms with van der Waals surface area (Å²) in [5, 5.41) is 12.8. The first kappa shape index (κ1) is 15.9. The molecule has 2 saturated heterocycles. The van der Waals surface area contributed by atoms with Gasteiger partial charge >= 0.3 is 0 Å². The minimum absolute atomic E-state index is 0.0109. The molecule has 0 radical (unpaired) electrons. The molecule has 2 aliphatic rings. The molecule has 8 heteroatoms. The van der Waals surface area contributed by atoms with E-state index in [2.05, 4.69) is 29.6 Å². The van der Waals surface area contributed by atoms with E-state index in [0.29, 0.717) is 11.8 Å². The van der Waals surface area contributed by atoms with Crippen molar-refractivity contribution in [1.29, 1.82) is 0 Å². The third-order valence-electron chi connectivity index (χ3n) is 5.35. The van der Waals surface area contributed by atoms with Crippen molar-refractivity contribution in [2.45, 2.75) is 44.2 Å². The smallest absolute Gasteiger partial charge is 0.255 e. The molecule has 136 valence electrons. The Morgan fingerprint density at radius 2 is 2.04 bits per heavy atom. The maximum absolute atomic E-state index is 5.61. The van der Waals surface area contributed by atoms with Gasteiger partial charge in [-0.15, -0.1) is 10.2 Å². The van der Waals surface area contributed by atoms with Crippen LogP contribution in [-0.2, 0) is 11.3 Å². The average molecular weight is 354 g/mol. The topological polar surface area (TPSA) is 81.6 Å². The van der Waals surface area contributed by atoms with Gasteiger partial charge in [0.05, 0.1) is 6.54 Å². The van der Waals surface area contributed by atoms with Crippen LogP contribution in [-0.4, -0.2) is 49.3 Å². The Balaban J connectivity index is 1.21. The van der Waals surface area contributed by atoms with Crippen LogP contribution in [0.4, 0.5) is 0 Å². The maximum atomic E-state index is 5.61. The van der Waals surface area contributed by atoms with Gasteiger partial charge < -0.3 is 9.26 Å². The summed E-state index contributed by atoms with van der Waals surface area (Å²) in [6.45, 7) is 3.50. The Kier molecular flexibility index (Phi) is 4.14. The van der Waals surface area contributed by atoms with Crippen molar-refractivity contribution in [3.8, 4) is 0 Å². The average Bonchev–Trinajstić information content (AvgIpc) is 3.43. The van der Waals surface area contributed by atoms with Crippen LogP contribution in [0.5, 0.6) is 0 Å². The minimum Gasteiger partial charge on any atom is -0.368 e. The number of rotatable bonds is 4. The number of aromatic nitrogens is 5. The zero-order chi connectivity index (χ0) is 17.3. The van der Waals surface area contributed by atoms with Gasteiger partial charge in [-0.3, -0.25) is 9.30 Å². The molecule has 3 aromatic rings. The molecule has 0 aromatic carbocycles. The summed E-state index contributed by atoms with van der Waals surface area (Å²) in [5.74, 6) is 2.89. The molecular weight excluding hydrogens is 332 g/mol. The highest BCUT2D eigenvalue weighted by Gasteiger charge is 2.27. The quantitative estimate of drug-likeness (QED) is 0.711. The number of nitrogens with zero attached hydrogens (tertiary/aromatic N) is 6. The lowest BCUT2D eigenvalue weighted by atomic mass is 9.96. The number of fused-ring (bicyclic) bond motifs is 1. The molecule has 0 bridgehead atoms. The van der Waals surface area contributed by atoms with Gasteiger partial charge in [-0.25, -0.2) is 0 Å². The van der Waals surface area contributed by atoms with Crippen molar-refractivity contribution < 1.29 is 9.26 Å². The fourth-order valence-electron chi connectivity index (χ4n) is 3.92. The Hall–Kier alpha value is -2.32. The van der Waals surface area contributed by atoms with Crippen LogP contribution in [0, 0.1) is 0 Å². The van der Waals surface area contributed by atoms with Gasteiger partial charge in [0.15, 0.2) is 11.5 Å². The fraction of sp³-hybridized carbons (Fsp3) is 0.556. The van der Waals surface area contributed by atoms with Gasteiger partial charge in [-0.2, -0.15) is 4.98 Å². The van der Waals surface area contributed by atoms with Gasteiger partial charge in [0.25, 0.3) is 5.89 Å². The first-order valence-corrected chi connectivity index (χ1v) is 9.33. The van der Waals surface area contributed by atoms with Crippen LogP contribution in [0.3, 0.4) is 0 Å². The van der Waals surface area contributed by atoms with E-state index in [0.717, 1.165) is 69.2 Å². The molecule has 26 heavy (non-hydrogen) atoms. The highest BCUT2D eigenvalue weighted by atomic mass is 16.5. The van der Waals surface area contributed by atoms with Crippen LogP contribution in [0.1, 0.15) is 55.2 Å². The molecule has 0 spiro atoms. The molecule has 5 heterocycles. The van der Waals surface area contributed by atoms with Crippen molar-refractivity contribution in [3.63, 3.8) is 0 Å². The predicted molar refractivity (Wildman–Crippen MR) is 92.5 cm³/mol. The normalized spacial score (nSPS) is 22.4. The van der Waals surface area contributed by atoms with Crippen molar-refractivity contribution in [2.75, 3.05) is 19.7 Å². The zero-order valence-corrected chi connectivity index (χ0v) is 14.6. The van der Waals surface area contributed by atoms with E-state index in [9.17, 15) is 0 Å². The Labute approximate surface area is 151 Å². The molecule has 0 N–H and O–H groups in total. The van der Waals surface area contributed by atoms with Gasteiger partial charge in [-0.05, 0) is 50.9 Å². The molecule has 5 rings (SSSR count). The number of hydrogen-bond acceptors (Lipinski definition) is 7. The summed E-state index contributed by atoms with van der Waals surface area (Å²) < 4.78 is 13.1. The number of ether oxygens (including phenoxy) is 1. The van der Waals surface area contributed by atoms with Crippen LogP contribution in [0.25, 0.3) is 5.65 Å². The highest BCUT2D eigenvalue weighted by molar-refractivity contribution is 5.37. The first-order valence-electron chi connectivity index (χ1n) is 9.33. The minimum atomic E-state index is -0.0109. The largest absolute Gasteiger partial charge is 0.368 e. The lowest BCUT2D eigenvalue weighted by Gasteiger charge is -2.30. The molecule has 2 fully saturated rings. The standard InChI is InChI=1S/C18H22N6O2/c1-2-8-24-16(5-1)20-21-17(24)13-6-9-23(10-7-13)12-15-19-18(26-22-15)14-4-3-11-25-14/h1-2,5,8,13-14H,3-4,6-7,9-12H2/t14-/m1/s1. The van der Waals surface area contributed by atoms with Gasteiger partial charge in [0.1, 0.15) is 11.9 Å². The molecule has 0 aliphatic carbocycles. The van der Waals surface area contributed by atoms with Crippen LogP contribution < -0.4 is 0 Å².